The van der Waals surface area contributed by atoms with Crippen LogP contribution in [0.5, 0.6) is 0 Å². The first-order valence-electron chi connectivity index (χ1n) is 5.03. The summed E-state index contributed by atoms with van der Waals surface area (Å²) in [6.07, 6.45) is 24.0. The fraction of sp³-hybridized carbons (Fsp3) is 0.385. The van der Waals surface area contributed by atoms with E-state index in [2.05, 4.69) is 36.5 Å². The minimum absolute atomic E-state index is 0.939. The monoisotopic (exact) mass is 173 g/mol. The molecule has 1 aliphatic rings. The van der Waals surface area contributed by atoms with Gasteiger partial charge in [0.2, 0.25) is 0 Å². The van der Waals surface area contributed by atoms with E-state index in [-0.39, 0.29) is 0 Å². The van der Waals surface area contributed by atoms with Crippen molar-refractivity contribution in [3.63, 3.8) is 0 Å². The highest BCUT2D eigenvalue weighted by Gasteiger charge is 1.83. The highest BCUT2D eigenvalue weighted by atomic mass is 13.9. The van der Waals surface area contributed by atoms with Gasteiger partial charge in [-0.05, 0) is 38.2 Å². The zero-order chi connectivity index (χ0) is 9.19. The minimum Gasteiger partial charge on any atom is -0.0882 e. The summed E-state index contributed by atoms with van der Waals surface area (Å²) in [5.41, 5.74) is 0. The maximum Gasteiger partial charge on any atom is -0.00946 e. The lowest BCUT2D eigenvalue weighted by Gasteiger charge is -1.91. The van der Waals surface area contributed by atoms with Crippen LogP contribution < -0.4 is 0 Å². The second-order valence-electron chi connectivity index (χ2n) is 3.14. The van der Waals surface area contributed by atoms with Gasteiger partial charge >= 0.3 is 0 Å². The van der Waals surface area contributed by atoms with Gasteiger partial charge in [0.25, 0.3) is 0 Å². The molecule has 0 heteroatoms. The number of rotatable bonds is 0. The van der Waals surface area contributed by atoms with E-state index in [0.29, 0.717) is 0 Å². The summed E-state index contributed by atoms with van der Waals surface area (Å²) in [6, 6.07) is 0. The third kappa shape index (κ3) is 6.15. The van der Waals surface area contributed by atoms with Crippen molar-refractivity contribution >= 4 is 0 Å². The molecule has 13 heavy (non-hydrogen) atoms. The topological polar surface area (TPSA) is 0 Å². The molecule has 0 spiro atoms. The largest absolute Gasteiger partial charge is 0.0882 e. The molecular weight excluding hydrogens is 156 g/mol. The van der Waals surface area contributed by atoms with E-state index in [1.165, 1.54) is 25.7 Å². The van der Waals surface area contributed by atoms with Crippen molar-refractivity contribution in [1.29, 1.82) is 0 Å². The Morgan fingerprint density at radius 3 is 2.54 bits per heavy atom. The van der Waals surface area contributed by atoms with Crippen molar-refractivity contribution in [1.82, 2.24) is 0 Å². The molecule has 0 aromatic carbocycles. The summed E-state index contributed by atoms with van der Waals surface area (Å²) < 4.78 is 0. The first-order chi connectivity index (χ1) is 6.50. The van der Waals surface area contributed by atoms with E-state index < -0.39 is 0 Å². The fourth-order valence-corrected chi connectivity index (χ4v) is 1.22. The molecule has 0 aromatic rings. The van der Waals surface area contributed by atoms with Crippen molar-refractivity contribution in [2.24, 2.45) is 0 Å². The van der Waals surface area contributed by atoms with Gasteiger partial charge in [-0.2, -0.15) is 0 Å². The first kappa shape index (κ1) is 10.0. The quantitative estimate of drug-likeness (QED) is 0.486. The molecule has 0 fully saturated rings. The van der Waals surface area contributed by atoms with Crippen molar-refractivity contribution in [3.8, 4) is 0 Å². The summed E-state index contributed by atoms with van der Waals surface area (Å²) in [4.78, 5) is 0. The van der Waals surface area contributed by atoms with E-state index in [1.807, 2.05) is 12.2 Å². The third-order valence-electron chi connectivity index (χ3n) is 1.97. The summed E-state index contributed by atoms with van der Waals surface area (Å²) in [6.45, 7) is 0. The average molecular weight is 173 g/mol. The highest BCUT2D eigenvalue weighted by molar-refractivity contribution is 5.10. The van der Waals surface area contributed by atoms with E-state index in [0.717, 1.165) is 6.42 Å². The van der Waals surface area contributed by atoms with E-state index in [9.17, 15) is 0 Å². The van der Waals surface area contributed by atoms with Crippen LogP contribution in [0.2, 0.25) is 0 Å². The molecule has 0 N–H and O–H groups in total. The standard InChI is InChI=1S/C13H17/c1-2-4-6-8-10-12-13-11-9-7-5-3-1/h1-5,11,13H,6,8-10,12H2. The first-order valence-corrected chi connectivity index (χ1v) is 5.03. The van der Waals surface area contributed by atoms with Crippen LogP contribution in [0.25, 0.3) is 0 Å². The molecule has 0 aromatic heterocycles. The SMILES string of the molecule is [C]1=CC=CC=CCCCCC=CC1. The number of hydrogen-bond acceptors (Lipinski definition) is 0. The normalized spacial score (nSPS) is 19.1. The Hall–Kier alpha value is -1.04. The Morgan fingerprint density at radius 1 is 0.769 bits per heavy atom. The van der Waals surface area contributed by atoms with Gasteiger partial charge in [-0.25, -0.2) is 0 Å². The lowest BCUT2D eigenvalue weighted by atomic mass is 10.2. The van der Waals surface area contributed by atoms with E-state index in [4.69, 9.17) is 0 Å². The summed E-state index contributed by atoms with van der Waals surface area (Å²) in [7, 11) is 0. The van der Waals surface area contributed by atoms with Gasteiger partial charge in [0, 0.05) is 0 Å². The van der Waals surface area contributed by atoms with Gasteiger partial charge in [0.1, 0.15) is 0 Å². The highest BCUT2D eigenvalue weighted by Crippen LogP contribution is 2.02. The molecule has 0 bridgehead atoms. The van der Waals surface area contributed by atoms with Crippen molar-refractivity contribution < 1.29 is 0 Å². The van der Waals surface area contributed by atoms with Crippen LogP contribution in [0.15, 0.2) is 42.5 Å². The number of allylic oxidation sites excluding steroid dienone is 8. The third-order valence-corrected chi connectivity index (χ3v) is 1.97. The molecule has 0 saturated carbocycles. The van der Waals surface area contributed by atoms with Crippen LogP contribution in [-0.2, 0) is 0 Å². The predicted octanol–water partition coefficient (Wildman–Crippen LogP) is 3.98. The van der Waals surface area contributed by atoms with Crippen LogP contribution in [0, 0.1) is 6.08 Å². The van der Waals surface area contributed by atoms with Gasteiger partial charge in [-0.15, -0.1) is 0 Å². The Kier molecular flexibility index (Phi) is 5.87. The van der Waals surface area contributed by atoms with Crippen LogP contribution in [0.1, 0.15) is 32.1 Å². The van der Waals surface area contributed by atoms with Crippen molar-refractivity contribution in [3.05, 3.63) is 48.6 Å². The van der Waals surface area contributed by atoms with Crippen LogP contribution in [0.3, 0.4) is 0 Å². The summed E-state index contributed by atoms with van der Waals surface area (Å²) in [5.74, 6) is 0. The van der Waals surface area contributed by atoms with E-state index in [1.54, 1.807) is 0 Å². The van der Waals surface area contributed by atoms with Crippen LogP contribution in [0.4, 0.5) is 0 Å². The maximum absolute atomic E-state index is 3.19. The lowest BCUT2D eigenvalue weighted by molar-refractivity contribution is 0.761. The molecule has 1 aliphatic carbocycles. The molecule has 0 nitrogen and oxygen atoms in total. The molecule has 1 rings (SSSR count). The summed E-state index contributed by atoms with van der Waals surface area (Å²) in [5, 5.41) is 0. The Labute approximate surface area is 81.4 Å². The minimum atomic E-state index is 0.939. The van der Waals surface area contributed by atoms with Crippen LogP contribution in [-0.4, -0.2) is 0 Å². The molecule has 0 saturated heterocycles. The Morgan fingerprint density at radius 2 is 1.62 bits per heavy atom. The molecule has 0 atom stereocenters. The van der Waals surface area contributed by atoms with Gasteiger partial charge in [0.15, 0.2) is 0 Å². The van der Waals surface area contributed by atoms with E-state index >= 15 is 0 Å². The molecular formula is C13H17. The van der Waals surface area contributed by atoms with Crippen molar-refractivity contribution in [2.75, 3.05) is 0 Å². The van der Waals surface area contributed by atoms with Gasteiger partial charge < -0.3 is 0 Å². The molecule has 0 unspecified atom stereocenters. The molecule has 1 radical (unpaired) electrons. The van der Waals surface area contributed by atoms with Crippen LogP contribution >= 0.6 is 0 Å². The second-order valence-corrected chi connectivity index (χ2v) is 3.14. The molecule has 69 valence electrons. The van der Waals surface area contributed by atoms with Gasteiger partial charge in [-0.1, -0.05) is 42.5 Å². The zero-order valence-electron chi connectivity index (χ0n) is 8.08. The number of hydrogen-bond donors (Lipinski definition) is 0. The smallest absolute Gasteiger partial charge is 0.00946 e. The molecule has 0 aliphatic heterocycles. The van der Waals surface area contributed by atoms with Gasteiger partial charge in [-0.3, -0.25) is 0 Å². The molecule has 0 heterocycles. The predicted molar refractivity (Wildman–Crippen MR) is 58.3 cm³/mol. The Balaban J connectivity index is 2.38. The lowest BCUT2D eigenvalue weighted by Crippen LogP contribution is -1.71. The summed E-state index contributed by atoms with van der Waals surface area (Å²) >= 11 is 0. The Bertz CT molecular complexity index is 216. The molecule has 0 amide bonds. The second kappa shape index (κ2) is 7.60. The average Bonchev–Trinajstić information content (AvgIpc) is 2.18. The maximum atomic E-state index is 3.19. The van der Waals surface area contributed by atoms with Crippen molar-refractivity contribution in [2.45, 2.75) is 32.1 Å². The fourth-order valence-electron chi connectivity index (χ4n) is 1.22. The zero-order valence-corrected chi connectivity index (χ0v) is 8.08. The van der Waals surface area contributed by atoms with Gasteiger partial charge in [0.05, 0.1) is 0 Å².